The lowest BCUT2D eigenvalue weighted by Crippen LogP contribution is -2.35. The maximum absolute atomic E-state index is 11.8. The van der Waals surface area contributed by atoms with Crippen LogP contribution in [0.5, 0.6) is 0 Å². The van der Waals surface area contributed by atoms with E-state index in [1.165, 1.54) is 0 Å². The summed E-state index contributed by atoms with van der Waals surface area (Å²) in [7, 11) is 0. The van der Waals surface area contributed by atoms with E-state index in [1.54, 1.807) is 12.4 Å². The quantitative estimate of drug-likeness (QED) is 0.748. The highest BCUT2D eigenvalue weighted by atomic mass is 35.5. The molecule has 1 aliphatic rings. The van der Waals surface area contributed by atoms with Crippen LogP contribution in [0, 0.1) is 5.41 Å². The van der Waals surface area contributed by atoms with Crippen LogP contribution in [0.25, 0.3) is 0 Å². The summed E-state index contributed by atoms with van der Waals surface area (Å²) in [5.74, 6) is -0.0137. The Bertz CT molecular complexity index is 454. The van der Waals surface area contributed by atoms with Crippen molar-refractivity contribution in [3.8, 4) is 0 Å². The topological polar surface area (TPSA) is 54.0 Å². The van der Waals surface area contributed by atoms with E-state index >= 15 is 0 Å². The number of nitrogens with zero attached hydrogens (tertiary/aromatic N) is 1. The molecule has 1 aliphatic heterocycles. The van der Waals surface area contributed by atoms with E-state index in [0.717, 1.165) is 5.69 Å². The van der Waals surface area contributed by atoms with Crippen LogP contribution in [-0.2, 0) is 4.79 Å². The standard InChI is InChI=1S/C12H16ClN3O/c1-12(2,3)9-4-10(17)15-8-6-14-5-7(13)11(8)16-9/h5-6,9,16H,4H2,1-3H3,(H,15,17). The van der Waals surface area contributed by atoms with Crippen LogP contribution in [0.3, 0.4) is 0 Å². The normalized spacial score (nSPS) is 20.0. The van der Waals surface area contributed by atoms with Crippen LogP contribution in [-0.4, -0.2) is 16.9 Å². The van der Waals surface area contributed by atoms with Crippen LogP contribution in [0.15, 0.2) is 12.4 Å². The molecule has 0 aromatic carbocycles. The van der Waals surface area contributed by atoms with Gasteiger partial charge in [0.1, 0.15) is 0 Å². The van der Waals surface area contributed by atoms with Crippen LogP contribution in [0.1, 0.15) is 27.2 Å². The van der Waals surface area contributed by atoms with E-state index in [2.05, 4.69) is 36.4 Å². The van der Waals surface area contributed by atoms with Gasteiger partial charge in [-0.2, -0.15) is 0 Å². The minimum absolute atomic E-state index is 0.0137. The van der Waals surface area contributed by atoms with Crippen LogP contribution < -0.4 is 10.6 Å². The molecule has 17 heavy (non-hydrogen) atoms. The summed E-state index contributed by atoms with van der Waals surface area (Å²) in [5.41, 5.74) is 1.38. The van der Waals surface area contributed by atoms with Gasteiger partial charge in [0.15, 0.2) is 0 Å². The molecule has 2 N–H and O–H groups in total. The van der Waals surface area contributed by atoms with Gasteiger partial charge in [-0.3, -0.25) is 9.78 Å². The Morgan fingerprint density at radius 2 is 2.12 bits per heavy atom. The Balaban J connectivity index is 2.42. The summed E-state index contributed by atoms with van der Waals surface area (Å²) in [5, 5.41) is 6.69. The SMILES string of the molecule is CC(C)(C)C1CC(=O)Nc2cncc(Cl)c2N1. The second-order valence-electron chi connectivity index (χ2n) is 5.36. The Morgan fingerprint density at radius 3 is 2.76 bits per heavy atom. The van der Waals surface area contributed by atoms with E-state index in [9.17, 15) is 4.79 Å². The molecular formula is C12H16ClN3O. The molecule has 1 aromatic rings. The monoisotopic (exact) mass is 253 g/mol. The zero-order chi connectivity index (χ0) is 12.6. The first-order valence-electron chi connectivity index (χ1n) is 5.58. The number of hydrogen-bond acceptors (Lipinski definition) is 3. The molecule has 1 aromatic heterocycles. The Kier molecular flexibility index (Phi) is 3.00. The third-order valence-corrected chi connectivity index (χ3v) is 3.21. The van der Waals surface area contributed by atoms with Crippen molar-refractivity contribution in [1.82, 2.24) is 4.98 Å². The lowest BCUT2D eigenvalue weighted by atomic mass is 9.84. The lowest BCUT2D eigenvalue weighted by Gasteiger charge is -2.30. The molecule has 0 radical (unpaired) electrons. The highest BCUT2D eigenvalue weighted by Crippen LogP contribution is 2.36. The molecule has 0 aliphatic carbocycles. The van der Waals surface area contributed by atoms with Gasteiger partial charge in [0.25, 0.3) is 0 Å². The second-order valence-corrected chi connectivity index (χ2v) is 5.77. The molecule has 1 atom stereocenters. The van der Waals surface area contributed by atoms with Crippen LogP contribution in [0.2, 0.25) is 5.02 Å². The molecule has 0 saturated heterocycles. The number of carbonyl (C=O) groups is 1. The third-order valence-electron chi connectivity index (χ3n) is 2.93. The average Bonchev–Trinajstić information content (AvgIpc) is 2.36. The molecule has 0 fully saturated rings. The molecule has 0 spiro atoms. The number of aromatic nitrogens is 1. The molecule has 5 heteroatoms. The molecule has 2 rings (SSSR count). The van der Waals surface area contributed by atoms with E-state index < -0.39 is 0 Å². The van der Waals surface area contributed by atoms with Crippen LogP contribution >= 0.6 is 11.6 Å². The number of pyridine rings is 1. The number of anilines is 2. The zero-order valence-electron chi connectivity index (χ0n) is 10.2. The third kappa shape index (κ3) is 2.52. The molecule has 92 valence electrons. The largest absolute Gasteiger partial charge is 0.378 e. The minimum Gasteiger partial charge on any atom is -0.378 e. The van der Waals surface area contributed by atoms with Gasteiger partial charge in [0, 0.05) is 18.7 Å². The van der Waals surface area contributed by atoms with E-state index in [1.807, 2.05) is 0 Å². The number of carbonyl (C=O) groups excluding carboxylic acids is 1. The number of hydrogen-bond donors (Lipinski definition) is 2. The van der Waals surface area contributed by atoms with Crippen molar-refractivity contribution in [2.24, 2.45) is 5.41 Å². The van der Waals surface area contributed by atoms with Gasteiger partial charge >= 0.3 is 0 Å². The summed E-state index contributed by atoms with van der Waals surface area (Å²) < 4.78 is 0. The van der Waals surface area contributed by atoms with Gasteiger partial charge in [-0.05, 0) is 5.41 Å². The molecular weight excluding hydrogens is 238 g/mol. The summed E-state index contributed by atoms with van der Waals surface area (Å²) >= 11 is 6.10. The average molecular weight is 254 g/mol. The van der Waals surface area contributed by atoms with Crippen molar-refractivity contribution in [2.45, 2.75) is 33.2 Å². The molecule has 4 nitrogen and oxygen atoms in total. The maximum Gasteiger partial charge on any atom is 0.226 e. The first-order chi connectivity index (χ1) is 7.88. The minimum atomic E-state index is -0.0223. The number of amides is 1. The van der Waals surface area contributed by atoms with Gasteiger partial charge in [-0.1, -0.05) is 32.4 Å². The van der Waals surface area contributed by atoms with E-state index in [4.69, 9.17) is 11.6 Å². The van der Waals surface area contributed by atoms with Crippen molar-refractivity contribution in [3.63, 3.8) is 0 Å². The molecule has 1 unspecified atom stereocenters. The predicted molar refractivity (Wildman–Crippen MR) is 69.4 cm³/mol. The first-order valence-corrected chi connectivity index (χ1v) is 5.95. The fourth-order valence-electron chi connectivity index (χ4n) is 1.81. The van der Waals surface area contributed by atoms with Crippen molar-refractivity contribution in [1.29, 1.82) is 0 Å². The van der Waals surface area contributed by atoms with Crippen molar-refractivity contribution in [3.05, 3.63) is 17.4 Å². The smallest absolute Gasteiger partial charge is 0.226 e. The number of rotatable bonds is 0. The summed E-state index contributed by atoms with van der Waals surface area (Å²) in [6.07, 6.45) is 3.61. The number of fused-ring (bicyclic) bond motifs is 1. The summed E-state index contributed by atoms with van der Waals surface area (Å²) in [6, 6.07) is 0.0450. The maximum atomic E-state index is 11.8. The number of halogens is 1. The first kappa shape index (κ1) is 12.2. The van der Waals surface area contributed by atoms with Crippen LogP contribution in [0.4, 0.5) is 11.4 Å². The Hall–Kier alpha value is -1.29. The molecule has 2 heterocycles. The second kappa shape index (κ2) is 4.18. The molecule has 0 bridgehead atoms. The van der Waals surface area contributed by atoms with Gasteiger partial charge in [0.2, 0.25) is 5.91 Å². The van der Waals surface area contributed by atoms with E-state index in [0.29, 0.717) is 17.1 Å². The van der Waals surface area contributed by atoms with Gasteiger partial charge in [0.05, 0.1) is 22.6 Å². The number of nitrogens with one attached hydrogen (secondary N) is 2. The molecule has 0 saturated carbocycles. The highest BCUT2D eigenvalue weighted by molar-refractivity contribution is 6.34. The highest BCUT2D eigenvalue weighted by Gasteiger charge is 2.30. The van der Waals surface area contributed by atoms with Crippen molar-refractivity contribution >= 4 is 28.9 Å². The van der Waals surface area contributed by atoms with Crippen molar-refractivity contribution < 1.29 is 4.79 Å². The van der Waals surface area contributed by atoms with Gasteiger partial charge < -0.3 is 10.6 Å². The van der Waals surface area contributed by atoms with Gasteiger partial charge in [-0.15, -0.1) is 0 Å². The lowest BCUT2D eigenvalue weighted by molar-refractivity contribution is -0.116. The predicted octanol–water partition coefficient (Wildman–Crippen LogP) is 2.90. The van der Waals surface area contributed by atoms with Crippen molar-refractivity contribution in [2.75, 3.05) is 10.6 Å². The zero-order valence-corrected chi connectivity index (χ0v) is 10.9. The molecule has 1 amide bonds. The summed E-state index contributed by atoms with van der Waals surface area (Å²) in [6.45, 7) is 6.29. The summed E-state index contributed by atoms with van der Waals surface area (Å²) in [4.78, 5) is 15.8. The fraction of sp³-hybridized carbons (Fsp3) is 0.500. The Morgan fingerprint density at radius 1 is 1.41 bits per heavy atom. The van der Waals surface area contributed by atoms with E-state index in [-0.39, 0.29) is 17.4 Å². The fourth-order valence-corrected chi connectivity index (χ4v) is 2.02. The Labute approximate surface area is 106 Å². The van der Waals surface area contributed by atoms with Gasteiger partial charge in [-0.25, -0.2) is 0 Å².